The number of hydrogen-bond donors (Lipinski definition) is 1. The van der Waals surface area contributed by atoms with Crippen molar-refractivity contribution < 1.29 is 18.7 Å². The topological polar surface area (TPSA) is 73.6 Å². The molecular weight excluding hydrogens is 236 g/mol. The molecule has 1 aromatic rings. The Morgan fingerprint density at radius 2 is 2.28 bits per heavy atom. The predicted octanol–water partition coefficient (Wildman–Crippen LogP) is 2.08. The number of unbranched alkanes of at least 4 members (excludes halogenated alkanes) is 1. The van der Waals surface area contributed by atoms with Crippen LogP contribution in [-0.2, 0) is 9.47 Å². The quantitative estimate of drug-likeness (QED) is 0.538. The molecule has 0 unspecified atom stereocenters. The van der Waals surface area contributed by atoms with Gasteiger partial charge in [-0.2, -0.15) is 4.98 Å². The first kappa shape index (κ1) is 14.5. The minimum absolute atomic E-state index is 0.172. The minimum atomic E-state index is -0.478. The van der Waals surface area contributed by atoms with Gasteiger partial charge in [0, 0.05) is 13.2 Å². The molecule has 0 aliphatic rings. The first-order chi connectivity index (χ1) is 8.77. The van der Waals surface area contributed by atoms with Crippen LogP contribution in [0.5, 0.6) is 0 Å². The fourth-order valence-corrected chi connectivity index (χ4v) is 1.23. The summed E-state index contributed by atoms with van der Waals surface area (Å²) in [6.07, 6.45) is 3.46. The first-order valence-electron chi connectivity index (χ1n) is 6.22. The molecule has 0 saturated carbocycles. The van der Waals surface area contributed by atoms with Crippen molar-refractivity contribution in [2.75, 3.05) is 31.7 Å². The van der Waals surface area contributed by atoms with Crippen molar-refractivity contribution in [3.8, 4) is 0 Å². The van der Waals surface area contributed by atoms with Crippen LogP contribution in [0.15, 0.2) is 10.7 Å². The number of esters is 1. The lowest BCUT2D eigenvalue weighted by molar-refractivity contribution is 0.0519. The maximum Gasteiger partial charge on any atom is 0.360 e. The smallest absolute Gasteiger partial charge is 0.360 e. The van der Waals surface area contributed by atoms with Gasteiger partial charge in [-0.1, -0.05) is 13.3 Å². The van der Waals surface area contributed by atoms with E-state index in [1.165, 1.54) is 6.26 Å². The molecule has 0 bridgehead atoms. The molecule has 1 N–H and O–H groups in total. The van der Waals surface area contributed by atoms with Gasteiger partial charge in [-0.05, 0) is 13.3 Å². The highest BCUT2D eigenvalue weighted by Gasteiger charge is 2.12. The second-order valence-electron chi connectivity index (χ2n) is 3.65. The second-order valence-corrected chi connectivity index (χ2v) is 3.65. The van der Waals surface area contributed by atoms with Gasteiger partial charge in [0.25, 0.3) is 6.01 Å². The summed E-state index contributed by atoms with van der Waals surface area (Å²) < 4.78 is 15.2. The number of rotatable bonds is 9. The van der Waals surface area contributed by atoms with E-state index >= 15 is 0 Å². The van der Waals surface area contributed by atoms with E-state index in [0.29, 0.717) is 25.8 Å². The molecule has 0 amide bonds. The lowest BCUT2D eigenvalue weighted by atomic mass is 10.4. The van der Waals surface area contributed by atoms with Crippen LogP contribution in [0.1, 0.15) is 37.2 Å². The molecule has 1 aromatic heterocycles. The minimum Gasteiger partial charge on any atom is -0.461 e. The van der Waals surface area contributed by atoms with Gasteiger partial charge in [0.2, 0.25) is 0 Å². The summed E-state index contributed by atoms with van der Waals surface area (Å²) in [5, 5.41) is 2.93. The molecule has 1 heterocycles. The SMILES string of the molecule is CCCCOCCNc1nc(C(=O)OCC)co1. The highest BCUT2D eigenvalue weighted by atomic mass is 16.5. The molecule has 102 valence electrons. The zero-order valence-electron chi connectivity index (χ0n) is 10.9. The summed E-state index contributed by atoms with van der Waals surface area (Å²) in [5.74, 6) is -0.478. The van der Waals surface area contributed by atoms with Crippen molar-refractivity contribution in [2.45, 2.75) is 26.7 Å². The van der Waals surface area contributed by atoms with E-state index in [-0.39, 0.29) is 5.69 Å². The Bertz CT molecular complexity index is 352. The highest BCUT2D eigenvalue weighted by Crippen LogP contribution is 2.08. The normalized spacial score (nSPS) is 10.3. The highest BCUT2D eigenvalue weighted by molar-refractivity contribution is 5.87. The third-order valence-corrected chi connectivity index (χ3v) is 2.15. The van der Waals surface area contributed by atoms with Gasteiger partial charge in [0.1, 0.15) is 6.26 Å². The van der Waals surface area contributed by atoms with Crippen molar-refractivity contribution >= 4 is 12.0 Å². The van der Waals surface area contributed by atoms with Gasteiger partial charge in [-0.15, -0.1) is 0 Å². The molecule has 6 nitrogen and oxygen atoms in total. The van der Waals surface area contributed by atoms with E-state index in [4.69, 9.17) is 13.9 Å². The third kappa shape index (κ3) is 5.18. The Balaban J connectivity index is 2.21. The molecule has 0 aliphatic heterocycles. The molecule has 6 heteroatoms. The first-order valence-corrected chi connectivity index (χ1v) is 6.22. The van der Waals surface area contributed by atoms with Crippen LogP contribution in [0.4, 0.5) is 6.01 Å². The molecule has 0 aliphatic carbocycles. The average Bonchev–Trinajstić information content (AvgIpc) is 2.83. The maximum absolute atomic E-state index is 11.3. The molecule has 0 spiro atoms. The van der Waals surface area contributed by atoms with Crippen molar-refractivity contribution in [2.24, 2.45) is 0 Å². The number of nitrogens with zero attached hydrogens (tertiary/aromatic N) is 1. The van der Waals surface area contributed by atoms with Crippen molar-refractivity contribution in [1.29, 1.82) is 0 Å². The Kier molecular flexibility index (Phi) is 6.86. The summed E-state index contributed by atoms with van der Waals surface area (Å²) >= 11 is 0. The summed E-state index contributed by atoms with van der Waals surface area (Å²) in [4.78, 5) is 15.3. The molecule has 1 rings (SSSR count). The summed E-state index contributed by atoms with van der Waals surface area (Å²) in [6, 6.07) is 0.303. The third-order valence-electron chi connectivity index (χ3n) is 2.15. The Morgan fingerprint density at radius 3 is 3.00 bits per heavy atom. The van der Waals surface area contributed by atoms with Gasteiger partial charge < -0.3 is 19.2 Å². The molecule has 0 aromatic carbocycles. The van der Waals surface area contributed by atoms with E-state index < -0.39 is 5.97 Å². The van der Waals surface area contributed by atoms with Gasteiger partial charge in [0.05, 0.1) is 13.2 Å². The van der Waals surface area contributed by atoms with Crippen LogP contribution >= 0.6 is 0 Å². The van der Waals surface area contributed by atoms with Crippen molar-refractivity contribution in [1.82, 2.24) is 4.98 Å². The lowest BCUT2D eigenvalue weighted by Crippen LogP contribution is -2.10. The van der Waals surface area contributed by atoms with E-state index in [0.717, 1.165) is 19.4 Å². The van der Waals surface area contributed by atoms with Crippen LogP contribution in [0.2, 0.25) is 0 Å². The van der Waals surface area contributed by atoms with E-state index in [1.54, 1.807) is 6.92 Å². The van der Waals surface area contributed by atoms with Crippen molar-refractivity contribution in [3.63, 3.8) is 0 Å². The van der Waals surface area contributed by atoms with Gasteiger partial charge in [-0.3, -0.25) is 0 Å². The molecule has 0 radical (unpaired) electrons. The van der Waals surface area contributed by atoms with Crippen LogP contribution in [-0.4, -0.2) is 37.3 Å². The molecule has 0 atom stereocenters. The van der Waals surface area contributed by atoms with Crippen LogP contribution in [0.3, 0.4) is 0 Å². The largest absolute Gasteiger partial charge is 0.461 e. The molecule has 18 heavy (non-hydrogen) atoms. The van der Waals surface area contributed by atoms with Crippen molar-refractivity contribution in [3.05, 3.63) is 12.0 Å². The molecule has 0 saturated heterocycles. The van der Waals surface area contributed by atoms with E-state index in [9.17, 15) is 4.79 Å². The van der Waals surface area contributed by atoms with E-state index in [1.807, 2.05) is 0 Å². The zero-order valence-corrected chi connectivity index (χ0v) is 10.9. The Morgan fingerprint density at radius 1 is 1.44 bits per heavy atom. The second kappa shape index (κ2) is 8.52. The Hall–Kier alpha value is -1.56. The average molecular weight is 256 g/mol. The zero-order chi connectivity index (χ0) is 13.2. The standard InChI is InChI=1S/C12H20N2O4/c1-3-5-7-16-8-6-13-12-14-10(9-18-12)11(15)17-4-2/h9H,3-8H2,1-2H3,(H,13,14). The summed E-state index contributed by atoms with van der Waals surface area (Å²) in [5.41, 5.74) is 0.172. The van der Waals surface area contributed by atoms with Crippen LogP contribution in [0, 0.1) is 0 Å². The molecular formula is C12H20N2O4. The van der Waals surface area contributed by atoms with Gasteiger partial charge >= 0.3 is 5.97 Å². The fraction of sp³-hybridized carbons (Fsp3) is 0.667. The number of hydrogen-bond acceptors (Lipinski definition) is 6. The Labute approximate surface area is 107 Å². The van der Waals surface area contributed by atoms with Crippen LogP contribution in [0.25, 0.3) is 0 Å². The van der Waals surface area contributed by atoms with Gasteiger partial charge in [-0.25, -0.2) is 4.79 Å². The van der Waals surface area contributed by atoms with Crippen LogP contribution < -0.4 is 5.32 Å². The number of ether oxygens (including phenoxy) is 2. The van der Waals surface area contributed by atoms with Gasteiger partial charge in [0.15, 0.2) is 5.69 Å². The number of anilines is 1. The summed E-state index contributed by atoms with van der Waals surface area (Å²) in [7, 11) is 0. The lowest BCUT2D eigenvalue weighted by Gasteiger charge is -2.03. The monoisotopic (exact) mass is 256 g/mol. The number of nitrogens with one attached hydrogen (secondary N) is 1. The number of aromatic nitrogens is 1. The number of carbonyl (C=O) groups excluding carboxylic acids is 1. The number of carbonyl (C=O) groups is 1. The van der Waals surface area contributed by atoms with E-state index in [2.05, 4.69) is 17.2 Å². The number of oxazole rings is 1. The molecule has 0 fully saturated rings. The maximum atomic E-state index is 11.3. The predicted molar refractivity (Wildman–Crippen MR) is 66.7 cm³/mol. The fourth-order valence-electron chi connectivity index (χ4n) is 1.23. The summed E-state index contributed by atoms with van der Waals surface area (Å²) in [6.45, 7) is 6.11.